The summed E-state index contributed by atoms with van der Waals surface area (Å²) in [5.74, 6) is 0. The highest BCUT2D eigenvalue weighted by molar-refractivity contribution is 5.63. The third-order valence-corrected chi connectivity index (χ3v) is 3.94. The lowest BCUT2D eigenvalue weighted by atomic mass is 10.0. The molecule has 2 aromatic rings. The maximum absolute atomic E-state index is 4.89. The van der Waals surface area contributed by atoms with Crippen molar-refractivity contribution < 1.29 is 0 Å². The van der Waals surface area contributed by atoms with Crippen LogP contribution in [0.25, 0.3) is 11.3 Å². The number of hydrogen-bond acceptors (Lipinski definition) is 4. The first kappa shape index (κ1) is 14.2. The van der Waals surface area contributed by atoms with Gasteiger partial charge in [0, 0.05) is 55.3 Å². The van der Waals surface area contributed by atoms with Crippen LogP contribution in [0.1, 0.15) is 17.7 Å². The predicted octanol–water partition coefficient (Wildman–Crippen LogP) is 1.54. The highest BCUT2D eigenvalue weighted by Gasteiger charge is 2.21. The van der Waals surface area contributed by atoms with Crippen molar-refractivity contribution in [2.75, 3.05) is 27.2 Å². The maximum atomic E-state index is 4.89. The summed E-state index contributed by atoms with van der Waals surface area (Å²) >= 11 is 0. The van der Waals surface area contributed by atoms with Gasteiger partial charge in [0.15, 0.2) is 0 Å². The van der Waals surface area contributed by atoms with Gasteiger partial charge < -0.3 is 10.2 Å². The molecule has 0 spiro atoms. The number of hydrogen-bond donors (Lipinski definition) is 1. The molecule has 3 rings (SSSR count). The average molecular weight is 285 g/mol. The lowest BCUT2D eigenvalue weighted by Gasteiger charge is -2.16. The molecule has 0 aliphatic carbocycles. The summed E-state index contributed by atoms with van der Waals surface area (Å²) in [5.41, 5.74) is 5.04. The minimum absolute atomic E-state index is 0.917. The molecule has 0 aromatic carbocycles. The molecular formula is C16H23N5. The zero-order chi connectivity index (χ0) is 14.7. The largest absolute Gasteiger partial charge is 0.312 e. The molecule has 1 aliphatic rings. The third kappa shape index (κ3) is 3.14. The number of rotatable bonds is 5. The molecule has 0 radical (unpaired) electrons. The zero-order valence-corrected chi connectivity index (χ0v) is 12.8. The van der Waals surface area contributed by atoms with Crippen molar-refractivity contribution in [3.63, 3.8) is 0 Å². The van der Waals surface area contributed by atoms with E-state index in [1.807, 2.05) is 24.5 Å². The van der Waals surface area contributed by atoms with Crippen molar-refractivity contribution in [1.29, 1.82) is 0 Å². The minimum atomic E-state index is 0.917. The Kier molecular flexibility index (Phi) is 4.31. The van der Waals surface area contributed by atoms with Gasteiger partial charge in [-0.2, -0.15) is 5.10 Å². The molecular weight excluding hydrogens is 262 g/mol. The SMILES string of the molecule is CN(C)CCCn1nc(-c2ccncc2)c2c1CCNC2. The molecule has 0 atom stereocenters. The van der Waals surface area contributed by atoms with E-state index in [-0.39, 0.29) is 0 Å². The lowest BCUT2D eigenvalue weighted by molar-refractivity contribution is 0.377. The first-order valence-corrected chi connectivity index (χ1v) is 7.60. The quantitative estimate of drug-likeness (QED) is 0.905. The van der Waals surface area contributed by atoms with E-state index in [9.17, 15) is 0 Å². The molecule has 0 fully saturated rings. The van der Waals surface area contributed by atoms with Gasteiger partial charge in [0.25, 0.3) is 0 Å². The molecule has 1 aliphatic heterocycles. The van der Waals surface area contributed by atoms with Gasteiger partial charge in [0.05, 0.1) is 5.69 Å². The van der Waals surface area contributed by atoms with E-state index in [4.69, 9.17) is 5.10 Å². The Bertz CT molecular complexity index is 588. The first-order chi connectivity index (χ1) is 10.3. The number of nitrogens with one attached hydrogen (secondary N) is 1. The van der Waals surface area contributed by atoms with Crippen LogP contribution in [0.2, 0.25) is 0 Å². The normalized spacial score (nSPS) is 14.4. The Balaban J connectivity index is 1.89. The van der Waals surface area contributed by atoms with Gasteiger partial charge in [-0.25, -0.2) is 0 Å². The van der Waals surface area contributed by atoms with E-state index < -0.39 is 0 Å². The van der Waals surface area contributed by atoms with Gasteiger partial charge in [-0.05, 0) is 39.2 Å². The molecule has 0 unspecified atom stereocenters. The van der Waals surface area contributed by atoms with Crippen LogP contribution in [0.3, 0.4) is 0 Å². The molecule has 2 aromatic heterocycles. The van der Waals surface area contributed by atoms with E-state index >= 15 is 0 Å². The second-order valence-electron chi connectivity index (χ2n) is 5.82. The Hall–Kier alpha value is -1.72. The summed E-state index contributed by atoms with van der Waals surface area (Å²) in [6, 6.07) is 4.09. The van der Waals surface area contributed by atoms with Gasteiger partial charge in [0.1, 0.15) is 0 Å². The van der Waals surface area contributed by atoms with E-state index in [1.54, 1.807) is 0 Å². The van der Waals surface area contributed by atoms with Crippen molar-refractivity contribution in [3.05, 3.63) is 35.8 Å². The molecule has 0 saturated heterocycles. The summed E-state index contributed by atoms with van der Waals surface area (Å²) in [4.78, 5) is 6.33. The van der Waals surface area contributed by atoms with Crippen LogP contribution in [0, 0.1) is 0 Å². The number of aryl methyl sites for hydroxylation is 1. The van der Waals surface area contributed by atoms with Gasteiger partial charge in [-0.15, -0.1) is 0 Å². The molecule has 21 heavy (non-hydrogen) atoms. The van der Waals surface area contributed by atoms with E-state index in [2.05, 4.69) is 34.0 Å². The number of fused-ring (bicyclic) bond motifs is 1. The fourth-order valence-corrected chi connectivity index (χ4v) is 2.88. The fraction of sp³-hybridized carbons (Fsp3) is 0.500. The number of nitrogens with zero attached hydrogens (tertiary/aromatic N) is 4. The van der Waals surface area contributed by atoms with Crippen molar-refractivity contribution in [2.24, 2.45) is 0 Å². The Labute approximate surface area is 126 Å². The molecule has 3 heterocycles. The molecule has 5 heteroatoms. The smallest absolute Gasteiger partial charge is 0.0972 e. The number of pyridine rings is 1. The molecule has 0 saturated carbocycles. The Morgan fingerprint density at radius 3 is 2.86 bits per heavy atom. The maximum Gasteiger partial charge on any atom is 0.0972 e. The summed E-state index contributed by atoms with van der Waals surface area (Å²) in [5, 5.41) is 8.35. The van der Waals surface area contributed by atoms with Crippen LogP contribution in [0.5, 0.6) is 0 Å². The first-order valence-electron chi connectivity index (χ1n) is 7.60. The van der Waals surface area contributed by atoms with E-state index in [0.717, 1.165) is 50.3 Å². The van der Waals surface area contributed by atoms with Crippen LogP contribution in [0.15, 0.2) is 24.5 Å². The highest BCUT2D eigenvalue weighted by Crippen LogP contribution is 2.27. The van der Waals surface area contributed by atoms with Crippen LogP contribution in [-0.2, 0) is 19.5 Å². The van der Waals surface area contributed by atoms with Crippen LogP contribution in [-0.4, -0.2) is 46.8 Å². The topological polar surface area (TPSA) is 46.0 Å². The summed E-state index contributed by atoms with van der Waals surface area (Å²) in [7, 11) is 4.23. The molecule has 112 valence electrons. The van der Waals surface area contributed by atoms with Crippen LogP contribution in [0.4, 0.5) is 0 Å². The van der Waals surface area contributed by atoms with Gasteiger partial charge in [-0.3, -0.25) is 9.67 Å². The molecule has 1 N–H and O–H groups in total. The van der Waals surface area contributed by atoms with Crippen molar-refractivity contribution in [1.82, 2.24) is 25.0 Å². The van der Waals surface area contributed by atoms with Gasteiger partial charge in [0.2, 0.25) is 0 Å². The number of aromatic nitrogens is 3. The van der Waals surface area contributed by atoms with Crippen molar-refractivity contribution in [3.8, 4) is 11.3 Å². The average Bonchev–Trinajstić information content (AvgIpc) is 2.87. The van der Waals surface area contributed by atoms with E-state index in [1.165, 1.54) is 11.3 Å². The molecule has 0 amide bonds. The Morgan fingerprint density at radius 1 is 1.29 bits per heavy atom. The second-order valence-corrected chi connectivity index (χ2v) is 5.82. The lowest BCUT2D eigenvalue weighted by Crippen LogP contribution is -2.25. The van der Waals surface area contributed by atoms with Crippen molar-refractivity contribution in [2.45, 2.75) is 25.9 Å². The van der Waals surface area contributed by atoms with Crippen LogP contribution >= 0.6 is 0 Å². The minimum Gasteiger partial charge on any atom is -0.312 e. The van der Waals surface area contributed by atoms with E-state index in [0.29, 0.717) is 0 Å². The summed E-state index contributed by atoms with van der Waals surface area (Å²) in [6.07, 6.45) is 5.87. The monoisotopic (exact) mass is 285 g/mol. The van der Waals surface area contributed by atoms with Crippen molar-refractivity contribution >= 4 is 0 Å². The summed E-state index contributed by atoms with van der Waals surface area (Å²) < 4.78 is 2.22. The van der Waals surface area contributed by atoms with Gasteiger partial charge >= 0.3 is 0 Å². The fourth-order valence-electron chi connectivity index (χ4n) is 2.88. The highest BCUT2D eigenvalue weighted by atomic mass is 15.3. The second kappa shape index (κ2) is 6.37. The molecule has 5 nitrogen and oxygen atoms in total. The van der Waals surface area contributed by atoms with Crippen LogP contribution < -0.4 is 5.32 Å². The Morgan fingerprint density at radius 2 is 2.10 bits per heavy atom. The zero-order valence-electron chi connectivity index (χ0n) is 12.8. The predicted molar refractivity (Wildman–Crippen MR) is 84.0 cm³/mol. The summed E-state index contributed by atoms with van der Waals surface area (Å²) in [6.45, 7) is 4.05. The van der Waals surface area contributed by atoms with Gasteiger partial charge in [-0.1, -0.05) is 0 Å². The molecule has 0 bridgehead atoms. The third-order valence-electron chi connectivity index (χ3n) is 3.94. The standard InChI is InChI=1S/C16H23N5/c1-20(2)10-3-11-21-15-6-9-18-12-14(15)16(19-21)13-4-7-17-8-5-13/h4-5,7-8,18H,3,6,9-12H2,1-2H3.